The number of esters is 1. The first kappa shape index (κ1) is 19.3. The van der Waals surface area contributed by atoms with Crippen LogP contribution < -0.4 is 4.90 Å². The molecule has 0 aliphatic carbocycles. The largest absolute Gasteiger partial charge is 0.465 e. The van der Waals surface area contributed by atoms with Crippen molar-refractivity contribution >= 4 is 23.5 Å². The molecule has 2 saturated heterocycles. The summed E-state index contributed by atoms with van der Waals surface area (Å²) >= 11 is 0. The summed E-state index contributed by atoms with van der Waals surface area (Å²) in [4.78, 5) is 42.7. The van der Waals surface area contributed by atoms with Crippen LogP contribution in [0.1, 0.15) is 24.1 Å². The highest BCUT2D eigenvalue weighted by atomic mass is 16.5. The summed E-state index contributed by atoms with van der Waals surface area (Å²) in [7, 11) is 1.79. The first-order chi connectivity index (χ1) is 14.0. The van der Waals surface area contributed by atoms with E-state index in [2.05, 4.69) is 0 Å². The van der Waals surface area contributed by atoms with E-state index in [0.717, 1.165) is 11.1 Å². The lowest BCUT2D eigenvalue weighted by molar-refractivity contribution is -0.151. The number of likely N-dealkylation sites (tertiary alicyclic amines) is 1. The first-order valence-corrected chi connectivity index (χ1v) is 9.83. The number of aryl methyl sites for hydroxylation is 1. The number of carbonyl (C=O) groups excluding carboxylic acids is 3. The molecule has 0 bridgehead atoms. The minimum atomic E-state index is -0.794. The van der Waals surface area contributed by atoms with Crippen LogP contribution in [-0.2, 0) is 19.1 Å². The van der Waals surface area contributed by atoms with Crippen molar-refractivity contribution in [1.29, 1.82) is 0 Å². The van der Waals surface area contributed by atoms with Crippen molar-refractivity contribution in [3.05, 3.63) is 65.7 Å². The Morgan fingerprint density at radius 1 is 0.966 bits per heavy atom. The highest BCUT2D eigenvalue weighted by molar-refractivity contribution is 6.23. The minimum Gasteiger partial charge on any atom is -0.465 e. The molecule has 29 heavy (non-hydrogen) atoms. The second-order valence-electron chi connectivity index (χ2n) is 7.62. The zero-order chi connectivity index (χ0) is 20.7. The third kappa shape index (κ3) is 3.04. The number of benzene rings is 2. The summed E-state index contributed by atoms with van der Waals surface area (Å²) in [6, 6.07) is 15.7. The van der Waals surface area contributed by atoms with Crippen LogP contribution in [0.2, 0.25) is 0 Å². The molecule has 2 aromatic carbocycles. The smallest absolute Gasteiger partial charge is 0.324 e. The maximum Gasteiger partial charge on any atom is 0.324 e. The van der Waals surface area contributed by atoms with Crippen molar-refractivity contribution in [3.63, 3.8) is 0 Å². The van der Waals surface area contributed by atoms with Gasteiger partial charge in [0.1, 0.15) is 6.04 Å². The number of fused-ring (bicyclic) bond motifs is 1. The van der Waals surface area contributed by atoms with Crippen molar-refractivity contribution in [2.24, 2.45) is 11.8 Å². The highest BCUT2D eigenvalue weighted by Crippen LogP contribution is 2.50. The van der Waals surface area contributed by atoms with Gasteiger partial charge in [-0.1, -0.05) is 48.0 Å². The Labute approximate surface area is 170 Å². The molecule has 6 nitrogen and oxygen atoms in total. The molecule has 2 aliphatic rings. The maximum absolute atomic E-state index is 13.5. The number of hydrogen-bond acceptors (Lipinski definition) is 5. The van der Waals surface area contributed by atoms with E-state index in [4.69, 9.17) is 4.74 Å². The van der Waals surface area contributed by atoms with Gasteiger partial charge in [-0.05, 0) is 38.6 Å². The van der Waals surface area contributed by atoms with Gasteiger partial charge >= 0.3 is 5.97 Å². The van der Waals surface area contributed by atoms with Crippen molar-refractivity contribution in [3.8, 4) is 0 Å². The van der Waals surface area contributed by atoms with Crippen LogP contribution in [0.25, 0.3) is 0 Å². The number of likely N-dealkylation sites (N-methyl/N-ethyl adjacent to an activating group) is 1. The lowest BCUT2D eigenvalue weighted by Crippen LogP contribution is -2.44. The van der Waals surface area contributed by atoms with E-state index < -0.39 is 23.8 Å². The van der Waals surface area contributed by atoms with Gasteiger partial charge in [-0.2, -0.15) is 0 Å². The molecule has 2 aliphatic heterocycles. The molecule has 0 radical (unpaired) electrons. The maximum atomic E-state index is 13.5. The highest BCUT2D eigenvalue weighted by Gasteiger charge is 2.64. The normalized spacial score (nSPS) is 26.7. The predicted molar refractivity (Wildman–Crippen MR) is 108 cm³/mol. The number of imide groups is 1. The van der Waals surface area contributed by atoms with Gasteiger partial charge in [0, 0.05) is 6.04 Å². The van der Waals surface area contributed by atoms with Gasteiger partial charge in [-0.15, -0.1) is 0 Å². The molecule has 0 spiro atoms. The van der Waals surface area contributed by atoms with Crippen LogP contribution in [0.3, 0.4) is 0 Å². The van der Waals surface area contributed by atoms with Gasteiger partial charge in [0.25, 0.3) is 0 Å². The second kappa shape index (κ2) is 7.44. The van der Waals surface area contributed by atoms with E-state index in [1.54, 1.807) is 26.1 Å². The Kier molecular flexibility index (Phi) is 4.96. The van der Waals surface area contributed by atoms with E-state index in [-0.39, 0.29) is 24.5 Å². The number of nitrogens with zero attached hydrogens (tertiary/aromatic N) is 2. The molecule has 150 valence electrons. The van der Waals surface area contributed by atoms with Crippen molar-refractivity contribution < 1.29 is 19.1 Å². The SMILES string of the molecule is CCOC(=O)[C@H]1[C@H]2C(=O)N(c3ccc(C)cc3)C(=O)[C@H]2[C@H](c2ccccc2)N1C. The van der Waals surface area contributed by atoms with E-state index in [1.165, 1.54) is 4.90 Å². The topological polar surface area (TPSA) is 66.9 Å². The fourth-order valence-corrected chi connectivity index (χ4v) is 4.64. The number of amides is 2. The Morgan fingerprint density at radius 2 is 1.59 bits per heavy atom. The zero-order valence-electron chi connectivity index (χ0n) is 16.7. The summed E-state index contributed by atoms with van der Waals surface area (Å²) in [5.41, 5.74) is 2.49. The Hall–Kier alpha value is -2.99. The fourth-order valence-electron chi connectivity index (χ4n) is 4.64. The predicted octanol–water partition coefficient (Wildman–Crippen LogP) is 2.72. The quantitative estimate of drug-likeness (QED) is 0.591. The third-order valence-electron chi connectivity index (χ3n) is 5.92. The van der Waals surface area contributed by atoms with Crippen LogP contribution >= 0.6 is 0 Å². The zero-order valence-corrected chi connectivity index (χ0v) is 16.7. The van der Waals surface area contributed by atoms with Gasteiger partial charge in [-0.3, -0.25) is 19.3 Å². The average molecular weight is 392 g/mol. The third-order valence-corrected chi connectivity index (χ3v) is 5.92. The summed E-state index contributed by atoms with van der Waals surface area (Å²) in [5, 5.41) is 0. The van der Waals surface area contributed by atoms with Gasteiger partial charge in [-0.25, -0.2) is 4.90 Å². The van der Waals surface area contributed by atoms with Crippen LogP contribution in [0.4, 0.5) is 5.69 Å². The van der Waals surface area contributed by atoms with Gasteiger partial charge in [0.2, 0.25) is 11.8 Å². The molecular weight excluding hydrogens is 368 g/mol. The van der Waals surface area contributed by atoms with Gasteiger partial charge < -0.3 is 4.74 Å². The molecule has 0 aromatic heterocycles. The number of hydrogen-bond donors (Lipinski definition) is 0. The fraction of sp³-hybridized carbons (Fsp3) is 0.348. The number of rotatable bonds is 4. The molecule has 2 fully saturated rings. The Balaban J connectivity index is 1.80. The van der Waals surface area contributed by atoms with Crippen LogP contribution in [0, 0.1) is 18.8 Å². The number of anilines is 1. The van der Waals surface area contributed by atoms with Gasteiger partial charge in [0.05, 0.1) is 24.1 Å². The molecule has 4 rings (SSSR count). The molecule has 2 heterocycles. The summed E-state index contributed by atoms with van der Waals surface area (Å²) in [6.45, 7) is 3.91. The molecule has 0 N–H and O–H groups in total. The van der Waals surface area contributed by atoms with Crippen LogP contribution in [0.15, 0.2) is 54.6 Å². The summed E-state index contributed by atoms with van der Waals surface area (Å²) < 4.78 is 5.27. The Bertz CT molecular complexity index is 941. The Morgan fingerprint density at radius 3 is 2.21 bits per heavy atom. The van der Waals surface area contributed by atoms with E-state index >= 15 is 0 Å². The average Bonchev–Trinajstić information content (AvgIpc) is 3.15. The molecule has 2 aromatic rings. The molecule has 6 heteroatoms. The number of carbonyl (C=O) groups is 3. The first-order valence-electron chi connectivity index (χ1n) is 9.83. The van der Waals surface area contributed by atoms with E-state index in [0.29, 0.717) is 5.69 Å². The lowest BCUT2D eigenvalue weighted by Gasteiger charge is -2.29. The standard InChI is InChI=1S/C23H24N2O4/c1-4-29-23(28)20-18-17(19(24(20)3)15-8-6-5-7-9-15)21(26)25(22(18)27)16-12-10-14(2)11-13-16/h5-13,17-20H,4H2,1-3H3/t17-,18+,19+,20-/m1/s1. The van der Waals surface area contributed by atoms with E-state index in [1.807, 2.05) is 54.3 Å². The second-order valence-corrected chi connectivity index (χ2v) is 7.62. The van der Waals surface area contributed by atoms with Crippen molar-refractivity contribution in [2.45, 2.75) is 25.9 Å². The molecular formula is C23H24N2O4. The van der Waals surface area contributed by atoms with Crippen molar-refractivity contribution in [1.82, 2.24) is 4.90 Å². The molecule has 0 unspecified atom stereocenters. The van der Waals surface area contributed by atoms with Crippen molar-refractivity contribution in [2.75, 3.05) is 18.6 Å². The monoisotopic (exact) mass is 392 g/mol. The summed E-state index contributed by atoms with van der Waals surface area (Å²) in [6.07, 6.45) is 0. The molecule has 4 atom stereocenters. The van der Waals surface area contributed by atoms with Gasteiger partial charge in [0.15, 0.2) is 0 Å². The number of ether oxygens (including phenoxy) is 1. The van der Waals surface area contributed by atoms with E-state index in [9.17, 15) is 14.4 Å². The summed E-state index contributed by atoms with van der Waals surface area (Å²) in [5.74, 6) is -2.47. The van der Waals surface area contributed by atoms with Crippen LogP contribution in [0.5, 0.6) is 0 Å². The molecule has 2 amide bonds. The molecule has 0 saturated carbocycles. The minimum absolute atomic E-state index is 0.223. The van der Waals surface area contributed by atoms with Crippen LogP contribution in [-0.4, -0.2) is 42.4 Å². The lowest BCUT2D eigenvalue weighted by atomic mass is 9.86.